The van der Waals surface area contributed by atoms with Gasteiger partial charge in [-0.15, -0.1) is 0 Å². The number of hydrogen-bond donors (Lipinski definition) is 0. The van der Waals surface area contributed by atoms with Crippen LogP contribution in [0.25, 0.3) is 22.7 Å². The fourth-order valence-corrected chi connectivity index (χ4v) is 7.50. The second-order valence-corrected chi connectivity index (χ2v) is 12.8. The number of fused-ring (bicyclic) bond motifs is 3. The largest absolute Gasteiger partial charge is 0.463 e. The Morgan fingerprint density at radius 3 is 2.60 bits per heavy atom. The second-order valence-electron chi connectivity index (χ2n) is 11.4. The van der Waals surface area contributed by atoms with Crippen molar-refractivity contribution in [1.82, 2.24) is 9.13 Å². The number of benzene rings is 4. The monoisotopic (exact) mass is 673 g/mol. The van der Waals surface area contributed by atoms with Crippen LogP contribution < -0.4 is 24.4 Å². The van der Waals surface area contributed by atoms with Gasteiger partial charge in [0, 0.05) is 39.8 Å². The van der Waals surface area contributed by atoms with Gasteiger partial charge in [-0.05, 0) is 48.4 Å². The topological polar surface area (TPSA) is 84.1 Å². The molecule has 48 heavy (non-hydrogen) atoms. The summed E-state index contributed by atoms with van der Waals surface area (Å²) in [5.74, 6) is 0.603. The maximum atomic E-state index is 14.5. The summed E-state index contributed by atoms with van der Waals surface area (Å²) in [6, 6.07) is 30.0. The minimum Gasteiger partial charge on any atom is -0.463 e. The average Bonchev–Trinajstić information content (AvgIpc) is 3.81. The molecule has 1 atom stereocenters. The third-order valence-electron chi connectivity index (χ3n) is 8.49. The maximum absolute atomic E-state index is 14.5. The van der Waals surface area contributed by atoms with Gasteiger partial charge >= 0.3 is 5.97 Å². The first-order valence-electron chi connectivity index (χ1n) is 15.5. The molecule has 0 radical (unpaired) electrons. The fraction of sp³-hybridized carbons (Fsp3) is 0.132. The molecular weight excluding hydrogens is 646 g/mol. The van der Waals surface area contributed by atoms with E-state index in [1.165, 1.54) is 11.3 Å². The van der Waals surface area contributed by atoms with E-state index in [2.05, 4.69) is 10.6 Å². The molecule has 0 aliphatic carbocycles. The molecule has 8 nitrogen and oxygen atoms in total. The lowest BCUT2D eigenvalue weighted by Crippen LogP contribution is -2.40. The highest BCUT2D eigenvalue weighted by Crippen LogP contribution is 2.40. The Morgan fingerprint density at radius 2 is 1.77 bits per heavy atom. The summed E-state index contributed by atoms with van der Waals surface area (Å²) < 4.78 is 21.1. The zero-order valence-electron chi connectivity index (χ0n) is 25.8. The van der Waals surface area contributed by atoms with Crippen LogP contribution in [-0.4, -0.2) is 28.5 Å². The molecular formula is C38H28ClN3O5S. The molecule has 0 N–H and O–H groups in total. The van der Waals surface area contributed by atoms with E-state index in [1.54, 1.807) is 17.6 Å². The lowest BCUT2D eigenvalue weighted by molar-refractivity contribution is -0.138. The molecule has 6 aromatic rings. The molecule has 4 aromatic carbocycles. The SMILES string of the molecule is CCOC(=O)C1=C(c2ccccc2)N=c2sc(=Cc3cn(Cc4ccccc4Cl)c4ccccc34)c(=O)n2C1c1ccc2c(c1)OCO2. The van der Waals surface area contributed by atoms with Crippen molar-refractivity contribution in [1.29, 1.82) is 0 Å². The molecule has 0 saturated heterocycles. The molecule has 0 amide bonds. The Bertz CT molecular complexity index is 2440. The lowest BCUT2D eigenvalue weighted by Gasteiger charge is -2.26. The number of esters is 1. The van der Waals surface area contributed by atoms with E-state index in [-0.39, 0.29) is 24.5 Å². The van der Waals surface area contributed by atoms with Crippen molar-refractivity contribution in [3.05, 3.63) is 156 Å². The van der Waals surface area contributed by atoms with Crippen LogP contribution in [0.4, 0.5) is 0 Å². The van der Waals surface area contributed by atoms with E-state index >= 15 is 0 Å². The minimum atomic E-state index is -0.825. The Morgan fingerprint density at radius 1 is 1.00 bits per heavy atom. The summed E-state index contributed by atoms with van der Waals surface area (Å²) in [6.07, 6.45) is 3.95. The van der Waals surface area contributed by atoms with E-state index in [0.717, 1.165) is 27.6 Å². The average molecular weight is 674 g/mol. The van der Waals surface area contributed by atoms with E-state index in [9.17, 15) is 9.59 Å². The molecule has 2 aliphatic rings. The molecule has 2 aliphatic heterocycles. The van der Waals surface area contributed by atoms with E-state index in [0.29, 0.717) is 43.7 Å². The van der Waals surface area contributed by atoms with E-state index in [1.807, 2.05) is 97.2 Å². The van der Waals surface area contributed by atoms with Gasteiger partial charge in [-0.2, -0.15) is 0 Å². The zero-order valence-corrected chi connectivity index (χ0v) is 27.3. The highest BCUT2D eigenvalue weighted by molar-refractivity contribution is 7.07. The molecule has 0 saturated carbocycles. The number of nitrogens with zero attached hydrogens (tertiary/aromatic N) is 3. The molecule has 238 valence electrons. The van der Waals surface area contributed by atoms with E-state index in [4.69, 9.17) is 30.8 Å². The minimum absolute atomic E-state index is 0.0987. The standard InChI is InChI=1S/C38H28ClN3O5S/c1-2-45-37(44)33-34(23-10-4-3-5-11-23)40-38-42(35(33)24-16-17-30-31(18-24)47-22-46-30)36(43)32(48-38)19-26-21-41(29-15-9-7-13-27(26)29)20-25-12-6-8-14-28(25)39/h3-19,21,35H,2,20,22H2,1H3. The molecule has 0 spiro atoms. The molecule has 8 rings (SSSR count). The van der Waals surface area contributed by atoms with Crippen LogP contribution in [0.5, 0.6) is 11.5 Å². The Hall–Kier alpha value is -5.38. The first kappa shape index (κ1) is 30.0. The molecule has 4 heterocycles. The number of ether oxygens (including phenoxy) is 3. The van der Waals surface area contributed by atoms with Crippen molar-refractivity contribution in [2.45, 2.75) is 19.5 Å². The van der Waals surface area contributed by atoms with Gasteiger partial charge in [-0.3, -0.25) is 9.36 Å². The number of aromatic nitrogens is 2. The third kappa shape index (κ3) is 5.21. The predicted molar refractivity (Wildman–Crippen MR) is 186 cm³/mol. The number of hydrogen-bond acceptors (Lipinski definition) is 7. The van der Waals surface area contributed by atoms with Crippen LogP contribution in [0, 0.1) is 0 Å². The van der Waals surface area contributed by atoms with Gasteiger partial charge in [0.25, 0.3) is 5.56 Å². The molecule has 2 aromatic heterocycles. The summed E-state index contributed by atoms with van der Waals surface area (Å²) in [5, 5.41) is 1.69. The third-order valence-corrected chi connectivity index (χ3v) is 9.84. The van der Waals surface area contributed by atoms with Crippen molar-refractivity contribution < 1.29 is 19.0 Å². The van der Waals surface area contributed by atoms with Crippen molar-refractivity contribution in [2.24, 2.45) is 4.99 Å². The molecule has 10 heteroatoms. The van der Waals surface area contributed by atoms with Crippen molar-refractivity contribution >= 4 is 51.6 Å². The van der Waals surface area contributed by atoms with Gasteiger partial charge in [-0.1, -0.05) is 95.7 Å². The van der Waals surface area contributed by atoms with Crippen LogP contribution in [-0.2, 0) is 16.1 Å². The first-order valence-corrected chi connectivity index (χ1v) is 16.7. The summed E-state index contributed by atoms with van der Waals surface area (Å²) in [4.78, 5) is 33.8. The van der Waals surface area contributed by atoms with Gasteiger partial charge in [0.2, 0.25) is 6.79 Å². The van der Waals surface area contributed by atoms with Crippen LogP contribution in [0.2, 0.25) is 5.02 Å². The van der Waals surface area contributed by atoms with E-state index < -0.39 is 12.0 Å². The Kier molecular flexibility index (Phi) is 7.70. The number of carbonyl (C=O) groups excluding carboxylic acids is 1. The van der Waals surface area contributed by atoms with Gasteiger partial charge in [-0.25, -0.2) is 9.79 Å². The highest BCUT2D eigenvalue weighted by Gasteiger charge is 2.36. The normalized spacial score (nSPS) is 15.5. The maximum Gasteiger partial charge on any atom is 0.338 e. The second kappa shape index (κ2) is 12.3. The summed E-state index contributed by atoms with van der Waals surface area (Å²) >= 11 is 7.81. The van der Waals surface area contributed by atoms with Crippen LogP contribution in [0.15, 0.2) is 119 Å². The number of rotatable bonds is 7. The number of halogens is 1. The first-order chi connectivity index (χ1) is 23.5. The van der Waals surface area contributed by atoms with Gasteiger partial charge in [0.05, 0.1) is 28.5 Å². The smallest absolute Gasteiger partial charge is 0.338 e. The zero-order chi connectivity index (χ0) is 32.8. The summed E-state index contributed by atoms with van der Waals surface area (Å²) in [6.45, 7) is 2.60. The van der Waals surface area contributed by atoms with Crippen LogP contribution >= 0.6 is 22.9 Å². The quantitative estimate of drug-likeness (QED) is 0.185. The van der Waals surface area contributed by atoms with Crippen molar-refractivity contribution in [3.63, 3.8) is 0 Å². The van der Waals surface area contributed by atoms with Crippen LogP contribution in [0.3, 0.4) is 0 Å². The van der Waals surface area contributed by atoms with Crippen molar-refractivity contribution in [3.8, 4) is 11.5 Å². The summed E-state index contributed by atoms with van der Waals surface area (Å²) in [7, 11) is 0. The lowest BCUT2D eigenvalue weighted by atomic mass is 9.93. The number of thiazole rings is 1. The Balaban J connectivity index is 1.35. The number of para-hydroxylation sites is 1. The Labute approximate surface area is 284 Å². The predicted octanol–water partition coefficient (Wildman–Crippen LogP) is 6.32. The number of carbonyl (C=O) groups is 1. The molecule has 1 unspecified atom stereocenters. The fourth-order valence-electron chi connectivity index (χ4n) is 6.31. The summed E-state index contributed by atoms with van der Waals surface area (Å²) in [5.41, 5.74) is 4.79. The molecule has 0 fully saturated rings. The highest BCUT2D eigenvalue weighted by atomic mass is 35.5. The van der Waals surface area contributed by atoms with Crippen LogP contribution in [0.1, 0.15) is 35.2 Å². The van der Waals surface area contributed by atoms with Crippen molar-refractivity contribution in [2.75, 3.05) is 13.4 Å². The van der Waals surface area contributed by atoms with Gasteiger partial charge < -0.3 is 18.8 Å². The van der Waals surface area contributed by atoms with Gasteiger partial charge in [0.1, 0.15) is 0 Å². The van der Waals surface area contributed by atoms with Gasteiger partial charge in [0.15, 0.2) is 16.3 Å². The molecule has 0 bridgehead atoms.